The molecule has 1 unspecified atom stereocenters. The van der Waals surface area contributed by atoms with Crippen molar-refractivity contribution in [2.24, 2.45) is 0 Å². The molecule has 0 radical (unpaired) electrons. The Hall–Kier alpha value is -1.76. The highest BCUT2D eigenvalue weighted by atomic mass is 16.1. The molecule has 1 heterocycles. The minimum atomic E-state index is -0.271. The van der Waals surface area contributed by atoms with Gasteiger partial charge in [-0.2, -0.15) is 0 Å². The minimum Gasteiger partial charge on any atom is -0.352 e. The van der Waals surface area contributed by atoms with Crippen LogP contribution < -0.4 is 10.9 Å². The lowest BCUT2D eigenvalue weighted by atomic mass is 10.1. The van der Waals surface area contributed by atoms with Gasteiger partial charge in [-0.15, -0.1) is 6.42 Å². The van der Waals surface area contributed by atoms with E-state index < -0.39 is 0 Å². The predicted molar refractivity (Wildman–Crippen MR) is 74.6 cm³/mol. The van der Waals surface area contributed by atoms with Crippen LogP contribution in [0.1, 0.15) is 40.5 Å². The van der Waals surface area contributed by atoms with E-state index in [0.717, 1.165) is 12.8 Å². The van der Waals surface area contributed by atoms with Crippen molar-refractivity contribution < 1.29 is 0 Å². The summed E-state index contributed by atoms with van der Waals surface area (Å²) in [6.07, 6.45) is 10.5. The van der Waals surface area contributed by atoms with E-state index in [0.29, 0.717) is 5.82 Å². The molecule has 0 amide bonds. The summed E-state index contributed by atoms with van der Waals surface area (Å²) >= 11 is 0. The lowest BCUT2D eigenvalue weighted by molar-refractivity contribution is 0.383. The number of aromatic nitrogens is 2. The zero-order chi connectivity index (χ0) is 13.8. The van der Waals surface area contributed by atoms with Gasteiger partial charge in [0.25, 0.3) is 5.56 Å². The van der Waals surface area contributed by atoms with Gasteiger partial charge in [0, 0.05) is 17.9 Å². The number of hydrogen-bond donors (Lipinski definition) is 1. The van der Waals surface area contributed by atoms with Crippen LogP contribution >= 0.6 is 0 Å². The molecule has 0 spiro atoms. The van der Waals surface area contributed by atoms with E-state index in [1.165, 1.54) is 0 Å². The van der Waals surface area contributed by atoms with Gasteiger partial charge < -0.3 is 9.88 Å². The molecule has 18 heavy (non-hydrogen) atoms. The maximum atomic E-state index is 12.2. The van der Waals surface area contributed by atoms with Crippen molar-refractivity contribution in [2.45, 2.75) is 52.1 Å². The molecule has 1 N–H and O–H groups in total. The first-order valence-corrected chi connectivity index (χ1v) is 6.21. The van der Waals surface area contributed by atoms with E-state index in [-0.39, 0.29) is 17.1 Å². The van der Waals surface area contributed by atoms with Crippen molar-refractivity contribution in [3.8, 4) is 12.3 Å². The van der Waals surface area contributed by atoms with Crippen molar-refractivity contribution in [3.05, 3.63) is 22.7 Å². The van der Waals surface area contributed by atoms with Crippen molar-refractivity contribution >= 4 is 5.82 Å². The molecular weight excluding hydrogens is 226 g/mol. The monoisotopic (exact) mass is 247 g/mol. The van der Waals surface area contributed by atoms with Crippen LogP contribution in [0.25, 0.3) is 0 Å². The molecule has 98 valence electrons. The van der Waals surface area contributed by atoms with Gasteiger partial charge in [0.2, 0.25) is 0 Å². The van der Waals surface area contributed by atoms with Crippen LogP contribution in [0.15, 0.2) is 17.2 Å². The first kappa shape index (κ1) is 14.3. The van der Waals surface area contributed by atoms with E-state index >= 15 is 0 Å². The largest absolute Gasteiger partial charge is 0.352 e. The molecular formula is C14H21N3O. The van der Waals surface area contributed by atoms with Crippen molar-refractivity contribution in [1.82, 2.24) is 9.55 Å². The van der Waals surface area contributed by atoms with Crippen LogP contribution in [0, 0.1) is 12.3 Å². The third kappa shape index (κ3) is 3.36. The number of rotatable bonds is 4. The maximum Gasteiger partial charge on any atom is 0.293 e. The van der Waals surface area contributed by atoms with Gasteiger partial charge in [-0.25, -0.2) is 4.98 Å². The van der Waals surface area contributed by atoms with Crippen molar-refractivity contribution in [3.63, 3.8) is 0 Å². The Kier molecular flexibility index (Phi) is 4.55. The first-order chi connectivity index (χ1) is 8.40. The maximum absolute atomic E-state index is 12.2. The highest BCUT2D eigenvalue weighted by molar-refractivity contribution is 5.35. The van der Waals surface area contributed by atoms with Crippen LogP contribution in [0.2, 0.25) is 0 Å². The fourth-order valence-corrected chi connectivity index (χ4v) is 1.69. The van der Waals surface area contributed by atoms with E-state index in [1.54, 1.807) is 17.0 Å². The summed E-state index contributed by atoms with van der Waals surface area (Å²) < 4.78 is 1.65. The number of hydrogen-bond acceptors (Lipinski definition) is 3. The van der Waals surface area contributed by atoms with Crippen LogP contribution in [0.4, 0.5) is 5.82 Å². The highest BCUT2D eigenvalue weighted by Gasteiger charge is 2.17. The van der Waals surface area contributed by atoms with E-state index in [2.05, 4.69) is 23.1 Å². The predicted octanol–water partition coefficient (Wildman–Crippen LogP) is 2.21. The Morgan fingerprint density at radius 3 is 2.72 bits per heavy atom. The van der Waals surface area contributed by atoms with Gasteiger partial charge >= 0.3 is 0 Å². The normalized spacial score (nSPS) is 12.8. The molecule has 0 aliphatic carbocycles. The molecule has 0 aromatic carbocycles. The van der Waals surface area contributed by atoms with Crippen molar-refractivity contribution in [2.75, 3.05) is 5.32 Å². The summed E-state index contributed by atoms with van der Waals surface area (Å²) in [4.78, 5) is 16.3. The Morgan fingerprint density at radius 1 is 1.56 bits per heavy atom. The Labute approximate surface area is 108 Å². The SMILES string of the molecule is C#CC(CCC)Nc1nccn(C(C)(C)C)c1=O. The number of nitrogens with one attached hydrogen (secondary N) is 1. The number of nitrogens with zero attached hydrogens (tertiary/aromatic N) is 2. The van der Waals surface area contributed by atoms with Crippen LogP contribution in [-0.2, 0) is 5.54 Å². The van der Waals surface area contributed by atoms with E-state index in [9.17, 15) is 4.79 Å². The Morgan fingerprint density at radius 2 is 2.22 bits per heavy atom. The lowest BCUT2D eigenvalue weighted by Gasteiger charge is -2.23. The molecule has 0 saturated heterocycles. The minimum absolute atomic E-state index is 0.138. The summed E-state index contributed by atoms with van der Waals surface area (Å²) in [7, 11) is 0. The molecule has 0 fully saturated rings. The second kappa shape index (κ2) is 5.72. The summed E-state index contributed by atoms with van der Waals surface area (Å²) in [5.41, 5.74) is -0.409. The first-order valence-electron chi connectivity index (χ1n) is 6.21. The molecule has 1 rings (SSSR count). The van der Waals surface area contributed by atoms with Crippen LogP contribution in [0.5, 0.6) is 0 Å². The van der Waals surface area contributed by atoms with Crippen LogP contribution in [-0.4, -0.2) is 15.6 Å². The van der Waals surface area contributed by atoms with Gasteiger partial charge in [0.05, 0.1) is 6.04 Å². The molecule has 0 aliphatic heterocycles. The molecule has 1 aromatic heterocycles. The topological polar surface area (TPSA) is 46.9 Å². The van der Waals surface area contributed by atoms with Gasteiger partial charge in [0.1, 0.15) is 0 Å². The highest BCUT2D eigenvalue weighted by Crippen LogP contribution is 2.11. The number of terminal acetylenes is 1. The molecule has 4 nitrogen and oxygen atoms in total. The third-order valence-corrected chi connectivity index (χ3v) is 2.65. The molecule has 4 heteroatoms. The average molecular weight is 247 g/mol. The molecule has 0 saturated carbocycles. The standard InChI is InChI=1S/C14H21N3O/c1-6-8-11(7-2)16-12-13(18)17(10-9-15-12)14(3,4)5/h2,9-11H,6,8H2,1,3-5H3,(H,15,16). The summed E-state index contributed by atoms with van der Waals surface area (Å²) in [6.45, 7) is 7.98. The molecule has 1 atom stereocenters. The molecule has 0 bridgehead atoms. The smallest absolute Gasteiger partial charge is 0.293 e. The summed E-state index contributed by atoms with van der Waals surface area (Å²) in [5, 5.41) is 3.03. The zero-order valence-electron chi connectivity index (χ0n) is 11.5. The van der Waals surface area contributed by atoms with Gasteiger partial charge in [-0.1, -0.05) is 19.3 Å². The fraction of sp³-hybridized carbons (Fsp3) is 0.571. The fourth-order valence-electron chi connectivity index (χ4n) is 1.69. The zero-order valence-corrected chi connectivity index (χ0v) is 11.5. The Balaban J connectivity index is 3.06. The number of anilines is 1. The Bertz CT molecular complexity index is 491. The quantitative estimate of drug-likeness (QED) is 0.830. The van der Waals surface area contributed by atoms with E-state index in [4.69, 9.17) is 6.42 Å². The van der Waals surface area contributed by atoms with Gasteiger partial charge in [0.15, 0.2) is 5.82 Å². The second-order valence-corrected chi connectivity index (χ2v) is 5.27. The van der Waals surface area contributed by atoms with Crippen LogP contribution in [0.3, 0.4) is 0 Å². The lowest BCUT2D eigenvalue weighted by Crippen LogP contribution is -2.36. The van der Waals surface area contributed by atoms with E-state index in [1.807, 2.05) is 20.8 Å². The summed E-state index contributed by atoms with van der Waals surface area (Å²) in [5.74, 6) is 2.96. The van der Waals surface area contributed by atoms with Gasteiger partial charge in [-0.3, -0.25) is 4.79 Å². The second-order valence-electron chi connectivity index (χ2n) is 5.27. The van der Waals surface area contributed by atoms with Gasteiger partial charge in [-0.05, 0) is 27.2 Å². The molecule has 0 aliphatic rings. The molecule has 1 aromatic rings. The van der Waals surface area contributed by atoms with Crippen molar-refractivity contribution in [1.29, 1.82) is 0 Å². The summed E-state index contributed by atoms with van der Waals surface area (Å²) in [6, 6.07) is -0.147. The average Bonchev–Trinajstić information content (AvgIpc) is 2.29. The third-order valence-electron chi connectivity index (χ3n) is 2.65.